The zero-order chi connectivity index (χ0) is 18.1. The van der Waals surface area contributed by atoms with Crippen molar-refractivity contribution >= 4 is 22.8 Å². The zero-order valence-corrected chi connectivity index (χ0v) is 14.3. The minimum absolute atomic E-state index is 0.0211. The van der Waals surface area contributed by atoms with Gasteiger partial charge in [-0.1, -0.05) is 0 Å². The van der Waals surface area contributed by atoms with Crippen LogP contribution in [0.4, 0.5) is 5.82 Å². The van der Waals surface area contributed by atoms with E-state index in [0.29, 0.717) is 5.69 Å². The molecule has 4 heterocycles. The molecule has 1 aliphatic heterocycles. The van der Waals surface area contributed by atoms with Crippen molar-refractivity contribution in [1.82, 2.24) is 29.8 Å². The van der Waals surface area contributed by atoms with E-state index in [1.54, 1.807) is 12.5 Å². The van der Waals surface area contributed by atoms with Crippen LogP contribution in [-0.2, 0) is 13.0 Å². The molecule has 1 amide bonds. The molecule has 132 valence electrons. The maximum Gasteiger partial charge on any atom is 0.272 e. The summed E-state index contributed by atoms with van der Waals surface area (Å²) in [5, 5.41) is 12.1. The first-order valence-electron chi connectivity index (χ1n) is 8.39. The van der Waals surface area contributed by atoms with E-state index in [2.05, 4.69) is 30.2 Å². The minimum Gasteiger partial charge on any atom is -0.356 e. The molecule has 2 N–H and O–H groups in total. The second kappa shape index (κ2) is 6.48. The highest BCUT2D eigenvalue weighted by Gasteiger charge is 2.26. The molecule has 0 aliphatic carbocycles. The molecule has 0 radical (unpaired) electrons. The standard InChI is InChI=1S/C17H18N8O/c1-24(16-12-2-5-19-15(12)21-10-22-16)11-3-7-25-9-13(23-14(25)8-11)17(26)20-6-4-18/h2,5,9-11H,3,6-8H2,1H3,(H,20,26)(H,19,21,22). The summed E-state index contributed by atoms with van der Waals surface area (Å²) in [4.78, 5) is 30.4. The summed E-state index contributed by atoms with van der Waals surface area (Å²) < 4.78 is 2.01. The van der Waals surface area contributed by atoms with E-state index in [-0.39, 0.29) is 18.5 Å². The summed E-state index contributed by atoms with van der Waals surface area (Å²) in [6.45, 7) is 0.761. The average Bonchev–Trinajstić information content (AvgIpc) is 3.31. The fourth-order valence-corrected chi connectivity index (χ4v) is 3.37. The number of aryl methyl sites for hydroxylation is 1. The van der Waals surface area contributed by atoms with Crippen LogP contribution in [0.2, 0.25) is 0 Å². The molecule has 1 aliphatic rings. The van der Waals surface area contributed by atoms with Crippen molar-refractivity contribution in [3.05, 3.63) is 36.3 Å². The number of anilines is 1. The molecule has 26 heavy (non-hydrogen) atoms. The summed E-state index contributed by atoms with van der Waals surface area (Å²) >= 11 is 0. The van der Waals surface area contributed by atoms with Crippen molar-refractivity contribution < 1.29 is 4.79 Å². The predicted octanol–water partition coefficient (Wildman–Crippen LogP) is 0.859. The molecule has 3 aromatic heterocycles. The number of hydrogen-bond donors (Lipinski definition) is 2. The summed E-state index contributed by atoms with van der Waals surface area (Å²) in [5.74, 6) is 1.44. The minimum atomic E-state index is -0.316. The van der Waals surface area contributed by atoms with Gasteiger partial charge in [0.05, 0.1) is 11.5 Å². The van der Waals surface area contributed by atoms with Gasteiger partial charge in [-0.2, -0.15) is 5.26 Å². The van der Waals surface area contributed by atoms with Crippen LogP contribution >= 0.6 is 0 Å². The first-order valence-corrected chi connectivity index (χ1v) is 8.39. The molecule has 0 fully saturated rings. The molecule has 0 saturated heterocycles. The lowest BCUT2D eigenvalue weighted by Crippen LogP contribution is -2.38. The fourth-order valence-electron chi connectivity index (χ4n) is 3.37. The number of amides is 1. The monoisotopic (exact) mass is 350 g/mol. The number of likely N-dealkylation sites (N-methyl/N-ethyl adjacent to an activating group) is 1. The molecule has 1 unspecified atom stereocenters. The number of aromatic amines is 1. The highest BCUT2D eigenvalue weighted by molar-refractivity contribution is 5.92. The molecule has 0 bridgehead atoms. The summed E-state index contributed by atoms with van der Waals surface area (Å²) in [6, 6.07) is 4.10. The summed E-state index contributed by atoms with van der Waals surface area (Å²) in [7, 11) is 2.03. The number of rotatable bonds is 4. The van der Waals surface area contributed by atoms with Crippen LogP contribution in [0.5, 0.6) is 0 Å². The van der Waals surface area contributed by atoms with Crippen LogP contribution in [0.1, 0.15) is 22.7 Å². The van der Waals surface area contributed by atoms with Gasteiger partial charge in [-0.15, -0.1) is 0 Å². The third-order valence-electron chi connectivity index (χ3n) is 4.76. The molecule has 0 spiro atoms. The van der Waals surface area contributed by atoms with Crippen LogP contribution < -0.4 is 10.2 Å². The van der Waals surface area contributed by atoms with Crippen LogP contribution in [0.15, 0.2) is 24.8 Å². The van der Waals surface area contributed by atoms with Gasteiger partial charge in [0.15, 0.2) is 0 Å². The first-order chi connectivity index (χ1) is 12.7. The molecule has 9 heteroatoms. The molecular formula is C17H18N8O. The zero-order valence-electron chi connectivity index (χ0n) is 14.3. The highest BCUT2D eigenvalue weighted by atomic mass is 16.1. The van der Waals surface area contributed by atoms with Crippen molar-refractivity contribution in [3.8, 4) is 6.07 Å². The largest absolute Gasteiger partial charge is 0.356 e. The molecule has 0 saturated carbocycles. The SMILES string of the molecule is CN(c1ncnc2[nH]ccc12)C1CCn2cc(C(=O)NCC#N)nc2C1. The van der Waals surface area contributed by atoms with E-state index in [0.717, 1.165) is 42.1 Å². The molecular weight excluding hydrogens is 332 g/mol. The Bertz CT molecular complexity index is 998. The second-order valence-corrected chi connectivity index (χ2v) is 6.27. The maximum absolute atomic E-state index is 12.0. The van der Waals surface area contributed by atoms with Crippen molar-refractivity contribution in [1.29, 1.82) is 5.26 Å². The molecule has 3 aromatic rings. The van der Waals surface area contributed by atoms with Crippen LogP contribution in [0.3, 0.4) is 0 Å². The van der Waals surface area contributed by atoms with E-state index in [1.165, 1.54) is 0 Å². The van der Waals surface area contributed by atoms with Crippen LogP contribution in [0.25, 0.3) is 11.0 Å². The first kappa shape index (κ1) is 16.1. The van der Waals surface area contributed by atoms with Gasteiger partial charge in [0.25, 0.3) is 5.91 Å². The van der Waals surface area contributed by atoms with Crippen molar-refractivity contribution in [2.24, 2.45) is 0 Å². The Morgan fingerprint density at radius 3 is 3.27 bits per heavy atom. The van der Waals surface area contributed by atoms with Crippen molar-refractivity contribution in [2.75, 3.05) is 18.5 Å². The summed E-state index contributed by atoms with van der Waals surface area (Å²) in [6.07, 6.45) is 6.82. The number of nitrogens with zero attached hydrogens (tertiary/aromatic N) is 6. The Morgan fingerprint density at radius 1 is 1.54 bits per heavy atom. The quantitative estimate of drug-likeness (QED) is 0.674. The predicted molar refractivity (Wildman–Crippen MR) is 94.6 cm³/mol. The van der Waals surface area contributed by atoms with E-state index >= 15 is 0 Å². The second-order valence-electron chi connectivity index (χ2n) is 6.27. The Kier molecular flexibility index (Phi) is 4.01. The van der Waals surface area contributed by atoms with Gasteiger partial charge in [-0.3, -0.25) is 4.79 Å². The molecule has 1 atom stereocenters. The van der Waals surface area contributed by atoms with Crippen LogP contribution in [-0.4, -0.2) is 50.0 Å². The normalized spacial score (nSPS) is 16.1. The number of fused-ring (bicyclic) bond motifs is 2. The number of carbonyl (C=O) groups is 1. The number of hydrogen-bond acceptors (Lipinski definition) is 6. The number of aromatic nitrogens is 5. The van der Waals surface area contributed by atoms with E-state index in [9.17, 15) is 4.79 Å². The van der Waals surface area contributed by atoms with Gasteiger partial charge in [-0.25, -0.2) is 15.0 Å². The lowest BCUT2D eigenvalue weighted by atomic mass is 10.0. The van der Waals surface area contributed by atoms with Crippen molar-refractivity contribution in [2.45, 2.75) is 25.4 Å². The van der Waals surface area contributed by atoms with Gasteiger partial charge < -0.3 is 19.8 Å². The highest BCUT2D eigenvalue weighted by Crippen LogP contribution is 2.27. The van der Waals surface area contributed by atoms with Gasteiger partial charge in [0, 0.05) is 38.4 Å². The van der Waals surface area contributed by atoms with E-state index < -0.39 is 0 Å². The topological polar surface area (TPSA) is 116 Å². The Labute approximate surface area is 149 Å². The number of nitrogens with one attached hydrogen (secondary N) is 2. The molecule has 9 nitrogen and oxygen atoms in total. The van der Waals surface area contributed by atoms with E-state index in [4.69, 9.17) is 5.26 Å². The smallest absolute Gasteiger partial charge is 0.272 e. The maximum atomic E-state index is 12.0. The lowest BCUT2D eigenvalue weighted by molar-refractivity contribution is 0.0954. The average molecular weight is 350 g/mol. The number of imidazole rings is 1. The Hall–Kier alpha value is -3.41. The third kappa shape index (κ3) is 2.75. The van der Waals surface area contributed by atoms with Gasteiger partial charge >= 0.3 is 0 Å². The van der Waals surface area contributed by atoms with Crippen molar-refractivity contribution in [3.63, 3.8) is 0 Å². The Balaban J connectivity index is 1.55. The molecule has 0 aromatic carbocycles. The van der Waals surface area contributed by atoms with E-state index in [1.807, 2.05) is 29.9 Å². The fraction of sp³-hybridized carbons (Fsp3) is 0.353. The lowest BCUT2D eigenvalue weighted by Gasteiger charge is -2.32. The van der Waals surface area contributed by atoms with Crippen LogP contribution in [0, 0.1) is 11.3 Å². The Morgan fingerprint density at radius 2 is 2.42 bits per heavy atom. The number of H-pyrrole nitrogens is 1. The third-order valence-corrected chi connectivity index (χ3v) is 4.76. The van der Waals surface area contributed by atoms with Gasteiger partial charge in [-0.05, 0) is 12.5 Å². The molecule has 4 rings (SSSR count). The number of nitriles is 1. The number of carbonyl (C=O) groups excluding carboxylic acids is 1. The summed E-state index contributed by atoms with van der Waals surface area (Å²) in [5.41, 5.74) is 1.17. The van der Waals surface area contributed by atoms with Gasteiger partial charge in [0.1, 0.15) is 35.9 Å². The van der Waals surface area contributed by atoms with Gasteiger partial charge in [0.2, 0.25) is 0 Å².